The van der Waals surface area contributed by atoms with Gasteiger partial charge in [-0.15, -0.1) is 11.6 Å². The van der Waals surface area contributed by atoms with E-state index in [1.54, 1.807) is 4.31 Å². The van der Waals surface area contributed by atoms with Gasteiger partial charge in [-0.3, -0.25) is 4.90 Å². The molecule has 0 radical (unpaired) electrons. The van der Waals surface area contributed by atoms with Crippen LogP contribution >= 0.6 is 11.6 Å². The van der Waals surface area contributed by atoms with E-state index < -0.39 is 10.0 Å². The van der Waals surface area contributed by atoms with Crippen LogP contribution in [-0.4, -0.2) is 61.5 Å². The predicted molar refractivity (Wildman–Crippen MR) is 74.5 cm³/mol. The van der Waals surface area contributed by atoms with Gasteiger partial charge in [-0.2, -0.15) is 4.31 Å². The third kappa shape index (κ3) is 3.59. The number of piperidine rings is 1. The van der Waals surface area contributed by atoms with E-state index in [2.05, 4.69) is 4.90 Å². The maximum absolute atomic E-state index is 12.2. The van der Waals surface area contributed by atoms with Crippen LogP contribution in [0.2, 0.25) is 0 Å². The van der Waals surface area contributed by atoms with E-state index in [1.807, 2.05) is 0 Å². The molecule has 2 aliphatic rings. The molecule has 4 nitrogen and oxygen atoms in total. The zero-order chi connectivity index (χ0) is 13.0. The van der Waals surface area contributed by atoms with Crippen molar-refractivity contribution >= 4 is 21.6 Å². The summed E-state index contributed by atoms with van der Waals surface area (Å²) in [5.41, 5.74) is 0. The standard InChI is InChI=1S/C12H23ClN2O2S/c13-6-2-4-10-18(16,17)15-9-8-14-7-3-1-5-12(14)11-15/h12H,1-11H2. The van der Waals surface area contributed by atoms with Crippen LogP contribution in [0.1, 0.15) is 32.1 Å². The highest BCUT2D eigenvalue weighted by molar-refractivity contribution is 7.89. The molecular weight excluding hydrogens is 272 g/mol. The minimum Gasteiger partial charge on any atom is -0.298 e. The molecule has 18 heavy (non-hydrogen) atoms. The van der Waals surface area contributed by atoms with Crippen molar-refractivity contribution < 1.29 is 8.42 Å². The Hall–Kier alpha value is 0.160. The van der Waals surface area contributed by atoms with Crippen LogP contribution in [-0.2, 0) is 10.0 Å². The van der Waals surface area contributed by atoms with E-state index >= 15 is 0 Å². The number of halogens is 1. The van der Waals surface area contributed by atoms with Gasteiger partial charge in [0.05, 0.1) is 5.75 Å². The maximum atomic E-state index is 12.2. The third-order valence-corrected chi connectivity index (χ3v) is 6.17. The lowest BCUT2D eigenvalue weighted by Gasteiger charge is -2.43. The van der Waals surface area contributed by atoms with Crippen LogP contribution in [0.3, 0.4) is 0 Å². The molecule has 0 spiro atoms. The quantitative estimate of drug-likeness (QED) is 0.570. The first-order valence-electron chi connectivity index (χ1n) is 6.91. The van der Waals surface area contributed by atoms with Crippen LogP contribution in [0.4, 0.5) is 0 Å². The number of hydrogen-bond donors (Lipinski definition) is 0. The summed E-state index contributed by atoms with van der Waals surface area (Å²) < 4.78 is 26.1. The van der Waals surface area contributed by atoms with Crippen molar-refractivity contribution in [1.29, 1.82) is 0 Å². The lowest BCUT2D eigenvalue weighted by Crippen LogP contribution is -2.56. The van der Waals surface area contributed by atoms with Gasteiger partial charge >= 0.3 is 0 Å². The lowest BCUT2D eigenvalue weighted by molar-refractivity contribution is 0.0852. The van der Waals surface area contributed by atoms with Crippen LogP contribution in [0.5, 0.6) is 0 Å². The third-order valence-electron chi connectivity index (χ3n) is 3.98. The van der Waals surface area contributed by atoms with Gasteiger partial charge in [-0.05, 0) is 32.2 Å². The molecule has 2 fully saturated rings. The van der Waals surface area contributed by atoms with Gasteiger partial charge in [0, 0.05) is 31.6 Å². The fourth-order valence-corrected chi connectivity index (χ4v) is 4.66. The fourth-order valence-electron chi connectivity index (χ4n) is 2.89. The van der Waals surface area contributed by atoms with Crippen LogP contribution < -0.4 is 0 Å². The molecule has 6 heteroatoms. The van der Waals surface area contributed by atoms with Gasteiger partial charge in [0.25, 0.3) is 0 Å². The second-order valence-electron chi connectivity index (χ2n) is 5.26. The Morgan fingerprint density at radius 1 is 1.11 bits per heavy atom. The minimum absolute atomic E-state index is 0.256. The van der Waals surface area contributed by atoms with E-state index in [-0.39, 0.29) is 5.75 Å². The number of sulfonamides is 1. The summed E-state index contributed by atoms with van der Waals surface area (Å²) in [6, 6.07) is 0.454. The van der Waals surface area contributed by atoms with Gasteiger partial charge in [0.15, 0.2) is 0 Å². The van der Waals surface area contributed by atoms with Crippen LogP contribution in [0.25, 0.3) is 0 Å². The zero-order valence-electron chi connectivity index (χ0n) is 10.9. The van der Waals surface area contributed by atoms with Gasteiger partial charge in [-0.25, -0.2) is 8.42 Å². The number of nitrogens with zero attached hydrogens (tertiary/aromatic N) is 2. The van der Waals surface area contributed by atoms with Crippen molar-refractivity contribution in [3.05, 3.63) is 0 Å². The van der Waals surface area contributed by atoms with Gasteiger partial charge < -0.3 is 0 Å². The molecule has 2 heterocycles. The summed E-state index contributed by atoms with van der Waals surface area (Å²) >= 11 is 5.59. The number of piperazine rings is 1. The molecule has 1 atom stereocenters. The monoisotopic (exact) mass is 294 g/mol. The molecule has 106 valence electrons. The minimum atomic E-state index is -3.06. The summed E-state index contributed by atoms with van der Waals surface area (Å²) in [6.45, 7) is 3.41. The molecule has 0 amide bonds. The first-order valence-corrected chi connectivity index (χ1v) is 9.06. The highest BCUT2D eigenvalue weighted by Gasteiger charge is 2.33. The smallest absolute Gasteiger partial charge is 0.214 e. The van der Waals surface area contributed by atoms with Crippen molar-refractivity contribution in [2.75, 3.05) is 37.8 Å². The van der Waals surface area contributed by atoms with Gasteiger partial charge in [0.1, 0.15) is 0 Å². The normalized spacial score (nSPS) is 27.1. The molecule has 0 bridgehead atoms. The SMILES string of the molecule is O=S(=O)(CCCCCl)N1CCN2CCCCC2C1. The second kappa shape index (κ2) is 6.55. The zero-order valence-corrected chi connectivity index (χ0v) is 12.4. The predicted octanol–water partition coefficient (Wildman–Crippen LogP) is 1.51. The highest BCUT2D eigenvalue weighted by atomic mass is 35.5. The average Bonchev–Trinajstić information content (AvgIpc) is 2.38. The number of alkyl halides is 1. The van der Waals surface area contributed by atoms with E-state index in [0.717, 1.165) is 25.9 Å². The molecule has 2 aliphatic heterocycles. The molecule has 0 aromatic rings. The van der Waals surface area contributed by atoms with Crippen molar-refractivity contribution in [3.8, 4) is 0 Å². The van der Waals surface area contributed by atoms with Crippen molar-refractivity contribution in [2.24, 2.45) is 0 Å². The Labute approximate surface area is 115 Å². The first-order chi connectivity index (χ1) is 8.63. The summed E-state index contributed by atoms with van der Waals surface area (Å²) in [6.07, 6.45) is 5.11. The van der Waals surface area contributed by atoms with Crippen molar-refractivity contribution in [3.63, 3.8) is 0 Å². The molecule has 0 N–H and O–H groups in total. The maximum Gasteiger partial charge on any atom is 0.214 e. The Kier molecular flexibility index (Phi) is 5.30. The topological polar surface area (TPSA) is 40.6 Å². The van der Waals surface area contributed by atoms with Crippen LogP contribution in [0.15, 0.2) is 0 Å². The van der Waals surface area contributed by atoms with Crippen molar-refractivity contribution in [1.82, 2.24) is 9.21 Å². The molecule has 2 saturated heterocycles. The summed E-state index contributed by atoms with van der Waals surface area (Å²) in [5, 5.41) is 0. The van der Waals surface area contributed by atoms with Gasteiger partial charge in [0.2, 0.25) is 10.0 Å². The second-order valence-corrected chi connectivity index (χ2v) is 7.72. The summed E-state index contributed by atoms with van der Waals surface area (Å²) in [5.74, 6) is 0.804. The molecule has 0 aliphatic carbocycles. The largest absolute Gasteiger partial charge is 0.298 e. The van der Waals surface area contributed by atoms with E-state index in [0.29, 0.717) is 31.4 Å². The van der Waals surface area contributed by atoms with E-state index in [4.69, 9.17) is 11.6 Å². The fraction of sp³-hybridized carbons (Fsp3) is 1.00. The molecule has 0 aromatic heterocycles. The van der Waals surface area contributed by atoms with E-state index in [1.165, 1.54) is 12.8 Å². The Morgan fingerprint density at radius 3 is 2.72 bits per heavy atom. The highest BCUT2D eigenvalue weighted by Crippen LogP contribution is 2.22. The van der Waals surface area contributed by atoms with Crippen molar-refractivity contribution in [2.45, 2.75) is 38.1 Å². The number of fused-ring (bicyclic) bond motifs is 1. The first kappa shape index (κ1) is 14.6. The summed E-state index contributed by atoms with van der Waals surface area (Å²) in [7, 11) is -3.06. The average molecular weight is 295 g/mol. The molecule has 2 rings (SSSR count). The van der Waals surface area contributed by atoms with Crippen LogP contribution in [0, 0.1) is 0 Å². The molecule has 1 unspecified atom stereocenters. The Bertz CT molecular complexity index is 361. The Balaban J connectivity index is 1.89. The number of hydrogen-bond acceptors (Lipinski definition) is 3. The van der Waals surface area contributed by atoms with Gasteiger partial charge in [-0.1, -0.05) is 6.42 Å². The molecular formula is C12H23ClN2O2S. The molecule has 0 aromatic carbocycles. The Morgan fingerprint density at radius 2 is 1.94 bits per heavy atom. The molecule has 0 saturated carbocycles. The van der Waals surface area contributed by atoms with E-state index in [9.17, 15) is 8.42 Å². The number of unbranched alkanes of at least 4 members (excludes halogenated alkanes) is 1. The lowest BCUT2D eigenvalue weighted by atomic mass is 10.0. The summed E-state index contributed by atoms with van der Waals surface area (Å²) in [4.78, 5) is 2.45. The number of rotatable bonds is 5.